The molecule has 4 rings (SSSR count). The number of rotatable bonds is 10. The van der Waals surface area contributed by atoms with Gasteiger partial charge in [0, 0.05) is 11.5 Å². The Kier molecular flexibility index (Phi) is 9.00. The topological polar surface area (TPSA) is 47.6 Å². The lowest BCUT2D eigenvalue weighted by atomic mass is 9.87. The van der Waals surface area contributed by atoms with E-state index in [1.165, 1.54) is 27.8 Å². The molecular formula is C31H41NO3S. The van der Waals surface area contributed by atoms with Crippen molar-refractivity contribution in [3.63, 3.8) is 0 Å². The van der Waals surface area contributed by atoms with Gasteiger partial charge in [-0.1, -0.05) is 72.8 Å². The molecule has 0 bridgehead atoms. The number of ether oxygens (including phenoxy) is 2. The second-order valence-corrected chi connectivity index (χ2v) is 13.4. The van der Waals surface area contributed by atoms with E-state index in [9.17, 15) is 4.21 Å². The third kappa shape index (κ3) is 7.04. The third-order valence-corrected chi connectivity index (χ3v) is 8.77. The summed E-state index contributed by atoms with van der Waals surface area (Å²) in [4.78, 5) is 0. The first-order valence-corrected chi connectivity index (χ1v) is 14.2. The molecule has 2 saturated carbocycles. The standard InChI is InChI=1S/C31H41NO3S/c1-24-18-31(22-34-20-25-12-7-5-8-13-25,23-35-21-26-14-9-6-10-15-26)19-28(24)27-16-11-17-29(27)32-36(33)30(2,3)4/h5-10,12-15,29,32H,1,11,16-23H2,2-4H3/b28-27-/t29-,36?/m1/s1. The van der Waals surface area contributed by atoms with Crippen molar-refractivity contribution < 1.29 is 13.7 Å². The molecule has 5 heteroatoms. The molecule has 2 fully saturated rings. The van der Waals surface area contributed by atoms with E-state index in [2.05, 4.69) is 35.6 Å². The maximum atomic E-state index is 12.9. The highest BCUT2D eigenvalue weighted by Crippen LogP contribution is 2.48. The summed E-state index contributed by atoms with van der Waals surface area (Å²) in [6.07, 6.45) is 4.94. The molecule has 0 saturated heterocycles. The molecule has 2 atom stereocenters. The highest BCUT2D eigenvalue weighted by Gasteiger charge is 2.42. The Morgan fingerprint density at radius 1 is 0.944 bits per heavy atom. The van der Waals surface area contributed by atoms with Crippen LogP contribution in [0.2, 0.25) is 0 Å². The van der Waals surface area contributed by atoms with Crippen molar-refractivity contribution in [3.05, 3.63) is 95.1 Å². The van der Waals surface area contributed by atoms with Crippen LogP contribution in [0.5, 0.6) is 0 Å². The van der Waals surface area contributed by atoms with Crippen LogP contribution >= 0.6 is 0 Å². The largest absolute Gasteiger partial charge is 0.376 e. The summed E-state index contributed by atoms with van der Waals surface area (Å²) in [5, 5.41) is 0. The molecule has 0 spiro atoms. The fraction of sp³-hybridized carbons (Fsp3) is 0.484. The summed E-state index contributed by atoms with van der Waals surface area (Å²) in [7, 11) is -1.09. The Bertz CT molecular complexity index is 1030. The maximum absolute atomic E-state index is 12.9. The van der Waals surface area contributed by atoms with Gasteiger partial charge in [-0.15, -0.1) is 0 Å². The minimum atomic E-state index is -1.09. The van der Waals surface area contributed by atoms with Gasteiger partial charge in [-0.3, -0.25) is 0 Å². The van der Waals surface area contributed by atoms with Gasteiger partial charge < -0.3 is 9.47 Å². The average molecular weight is 508 g/mol. The second kappa shape index (κ2) is 12.0. The van der Waals surface area contributed by atoms with Crippen LogP contribution in [0.15, 0.2) is 84.0 Å². The molecule has 1 N–H and O–H groups in total. The fourth-order valence-corrected chi connectivity index (χ4v) is 6.14. The number of nitrogens with one attached hydrogen (secondary N) is 1. The van der Waals surface area contributed by atoms with Crippen molar-refractivity contribution >= 4 is 11.0 Å². The highest BCUT2D eigenvalue weighted by atomic mass is 32.2. The van der Waals surface area contributed by atoms with Gasteiger partial charge in [0.1, 0.15) is 0 Å². The van der Waals surface area contributed by atoms with Gasteiger partial charge >= 0.3 is 0 Å². The molecule has 194 valence electrons. The summed E-state index contributed by atoms with van der Waals surface area (Å²) >= 11 is 0. The van der Waals surface area contributed by atoms with Crippen LogP contribution in [0, 0.1) is 5.41 Å². The zero-order valence-electron chi connectivity index (χ0n) is 22.1. The van der Waals surface area contributed by atoms with E-state index < -0.39 is 11.0 Å². The van der Waals surface area contributed by atoms with Crippen LogP contribution in [-0.4, -0.2) is 28.2 Å². The van der Waals surface area contributed by atoms with E-state index in [1.807, 2.05) is 57.2 Å². The monoisotopic (exact) mass is 507 g/mol. The van der Waals surface area contributed by atoms with E-state index in [0.29, 0.717) is 26.4 Å². The molecule has 2 aliphatic carbocycles. The minimum Gasteiger partial charge on any atom is -0.376 e. The van der Waals surface area contributed by atoms with Crippen molar-refractivity contribution in [2.75, 3.05) is 13.2 Å². The van der Waals surface area contributed by atoms with Crippen molar-refractivity contribution in [2.24, 2.45) is 5.41 Å². The molecule has 0 radical (unpaired) electrons. The van der Waals surface area contributed by atoms with Crippen LogP contribution in [0.25, 0.3) is 0 Å². The zero-order chi connectivity index (χ0) is 25.6. The summed E-state index contributed by atoms with van der Waals surface area (Å²) in [6.45, 7) is 13.0. The predicted octanol–water partition coefficient (Wildman–Crippen LogP) is 6.66. The summed E-state index contributed by atoms with van der Waals surface area (Å²) in [5.41, 5.74) is 6.15. The Hall–Kier alpha value is -2.05. The normalized spacial score (nSPS) is 22.8. The molecule has 4 nitrogen and oxygen atoms in total. The van der Waals surface area contributed by atoms with E-state index in [1.54, 1.807) is 0 Å². The second-order valence-electron chi connectivity index (χ2n) is 11.4. The van der Waals surface area contributed by atoms with Crippen LogP contribution in [0.1, 0.15) is 64.0 Å². The average Bonchev–Trinajstić information content (AvgIpc) is 3.43. The molecule has 36 heavy (non-hydrogen) atoms. The van der Waals surface area contributed by atoms with Gasteiger partial charge in [-0.05, 0) is 75.1 Å². The Morgan fingerprint density at radius 2 is 1.50 bits per heavy atom. The minimum absolute atomic E-state index is 0.140. The van der Waals surface area contributed by atoms with Crippen LogP contribution in [0.4, 0.5) is 0 Å². The van der Waals surface area contributed by atoms with Crippen molar-refractivity contribution in [3.8, 4) is 0 Å². The van der Waals surface area contributed by atoms with Gasteiger partial charge in [-0.25, -0.2) is 8.93 Å². The Labute approximate surface area is 219 Å². The summed E-state index contributed by atoms with van der Waals surface area (Å²) in [6, 6.07) is 20.8. The number of hydrogen-bond donors (Lipinski definition) is 1. The molecule has 2 aromatic carbocycles. The first kappa shape index (κ1) is 27.0. The molecule has 0 heterocycles. The van der Waals surface area contributed by atoms with E-state index >= 15 is 0 Å². The molecule has 2 aliphatic rings. The molecule has 2 aromatic rings. The zero-order valence-corrected chi connectivity index (χ0v) is 22.9. The smallest absolute Gasteiger partial charge is 0.0975 e. The van der Waals surface area contributed by atoms with Crippen LogP contribution in [0.3, 0.4) is 0 Å². The van der Waals surface area contributed by atoms with Crippen LogP contribution in [-0.2, 0) is 33.7 Å². The summed E-state index contributed by atoms with van der Waals surface area (Å²) in [5.74, 6) is 0. The first-order chi connectivity index (χ1) is 17.3. The molecule has 0 aromatic heterocycles. The van der Waals surface area contributed by atoms with Crippen LogP contribution < -0.4 is 4.72 Å². The number of hydrogen-bond acceptors (Lipinski definition) is 3. The molecule has 0 aliphatic heterocycles. The number of allylic oxidation sites excluding steroid dienone is 2. The van der Waals surface area contributed by atoms with Crippen molar-refractivity contribution in [2.45, 2.75) is 76.9 Å². The summed E-state index contributed by atoms with van der Waals surface area (Å²) < 4.78 is 28.6. The maximum Gasteiger partial charge on any atom is 0.0975 e. The fourth-order valence-electron chi connectivity index (χ4n) is 5.27. The van der Waals surface area contributed by atoms with Gasteiger partial charge in [0.05, 0.1) is 42.2 Å². The lowest BCUT2D eigenvalue weighted by Crippen LogP contribution is -2.39. The van der Waals surface area contributed by atoms with E-state index in [0.717, 1.165) is 32.1 Å². The SMILES string of the molecule is C=C1CC(COCc2ccccc2)(COCc2ccccc2)C/C1=C1\CCC[C@H]1NS(=O)C(C)(C)C. The van der Waals surface area contributed by atoms with Gasteiger partial charge in [-0.2, -0.15) is 0 Å². The van der Waals surface area contributed by atoms with Crippen molar-refractivity contribution in [1.29, 1.82) is 0 Å². The van der Waals surface area contributed by atoms with Gasteiger partial charge in [0.15, 0.2) is 0 Å². The van der Waals surface area contributed by atoms with E-state index in [4.69, 9.17) is 9.47 Å². The number of benzene rings is 2. The Balaban J connectivity index is 1.49. The van der Waals surface area contributed by atoms with E-state index in [-0.39, 0.29) is 16.2 Å². The third-order valence-electron chi connectivity index (χ3n) is 7.16. The molecule has 1 unspecified atom stereocenters. The molecular weight excluding hydrogens is 466 g/mol. The lowest BCUT2D eigenvalue weighted by Gasteiger charge is -2.29. The predicted molar refractivity (Wildman–Crippen MR) is 149 cm³/mol. The quantitative estimate of drug-likeness (QED) is 0.391. The molecule has 0 amide bonds. The lowest BCUT2D eigenvalue weighted by molar-refractivity contribution is -0.0263. The van der Waals surface area contributed by atoms with Gasteiger partial charge in [0.2, 0.25) is 0 Å². The van der Waals surface area contributed by atoms with Crippen molar-refractivity contribution in [1.82, 2.24) is 4.72 Å². The first-order valence-electron chi connectivity index (χ1n) is 13.1. The van der Waals surface area contributed by atoms with Gasteiger partial charge in [0.25, 0.3) is 0 Å². The highest BCUT2D eigenvalue weighted by molar-refractivity contribution is 7.84. The Morgan fingerprint density at radius 3 is 2.03 bits per heavy atom.